The molecule has 0 aliphatic heterocycles. The normalized spacial score (nSPS) is 12.4. The first-order valence-corrected chi connectivity index (χ1v) is 6.23. The van der Waals surface area contributed by atoms with Gasteiger partial charge in [0.1, 0.15) is 5.82 Å². The van der Waals surface area contributed by atoms with Gasteiger partial charge in [0.15, 0.2) is 0 Å². The van der Waals surface area contributed by atoms with Crippen LogP contribution in [-0.4, -0.2) is 5.04 Å². The standard InChI is InChI=1S/C11H11FINS/c1-8-4-3-5-11(12)10(8)6-7-15-9(2)14-13/h3-7H,1-2H3/b7-6+,14-9+. The Morgan fingerprint density at radius 1 is 1.53 bits per heavy atom. The van der Waals surface area contributed by atoms with E-state index in [1.165, 1.54) is 17.8 Å². The molecular formula is C11H11FINS. The summed E-state index contributed by atoms with van der Waals surface area (Å²) in [6, 6.07) is 5.08. The second-order valence-electron chi connectivity index (χ2n) is 2.99. The number of aryl methyl sites for hydroxylation is 1. The zero-order valence-electron chi connectivity index (χ0n) is 8.50. The number of rotatable bonds is 2. The largest absolute Gasteiger partial charge is 0.213 e. The van der Waals surface area contributed by atoms with Crippen LogP contribution in [0.15, 0.2) is 26.8 Å². The summed E-state index contributed by atoms with van der Waals surface area (Å²) in [6.07, 6.45) is 1.78. The summed E-state index contributed by atoms with van der Waals surface area (Å²) >= 11 is 3.42. The van der Waals surface area contributed by atoms with Crippen LogP contribution in [0.5, 0.6) is 0 Å². The van der Waals surface area contributed by atoms with E-state index in [1.54, 1.807) is 12.1 Å². The number of nitrogens with zero attached hydrogens (tertiary/aromatic N) is 1. The zero-order chi connectivity index (χ0) is 11.3. The molecule has 0 spiro atoms. The van der Waals surface area contributed by atoms with Crippen molar-refractivity contribution in [1.82, 2.24) is 0 Å². The first kappa shape index (κ1) is 12.7. The molecule has 1 aromatic rings. The van der Waals surface area contributed by atoms with E-state index in [9.17, 15) is 4.39 Å². The van der Waals surface area contributed by atoms with E-state index in [4.69, 9.17) is 0 Å². The van der Waals surface area contributed by atoms with Crippen molar-refractivity contribution in [2.45, 2.75) is 13.8 Å². The summed E-state index contributed by atoms with van der Waals surface area (Å²) in [7, 11) is 0. The van der Waals surface area contributed by atoms with E-state index in [2.05, 4.69) is 3.21 Å². The Kier molecular flexibility index (Phi) is 5.31. The Labute approximate surface area is 107 Å². The van der Waals surface area contributed by atoms with E-state index < -0.39 is 0 Å². The molecule has 0 bridgehead atoms. The fourth-order valence-corrected chi connectivity index (χ4v) is 1.86. The fourth-order valence-electron chi connectivity index (χ4n) is 1.08. The van der Waals surface area contributed by atoms with Crippen LogP contribution in [0.1, 0.15) is 18.1 Å². The van der Waals surface area contributed by atoms with E-state index >= 15 is 0 Å². The fraction of sp³-hybridized carbons (Fsp3) is 0.182. The molecule has 80 valence electrons. The molecule has 4 heteroatoms. The van der Waals surface area contributed by atoms with E-state index in [0.717, 1.165) is 10.6 Å². The van der Waals surface area contributed by atoms with Gasteiger partial charge in [-0.15, -0.1) is 0 Å². The molecule has 0 amide bonds. The second kappa shape index (κ2) is 6.27. The van der Waals surface area contributed by atoms with Gasteiger partial charge in [-0.1, -0.05) is 23.9 Å². The minimum Gasteiger partial charge on any atom is -0.213 e. The molecule has 0 aliphatic rings. The SMILES string of the molecule is C/C(=N\I)S/C=C/c1c(C)cccc1F. The Hall–Kier alpha value is -0.360. The van der Waals surface area contributed by atoms with E-state index in [-0.39, 0.29) is 5.82 Å². The molecule has 0 N–H and O–H groups in total. The van der Waals surface area contributed by atoms with Gasteiger partial charge in [0.25, 0.3) is 0 Å². The predicted molar refractivity (Wildman–Crippen MR) is 74.9 cm³/mol. The number of halogens is 2. The third-order valence-electron chi connectivity index (χ3n) is 1.86. The van der Waals surface area contributed by atoms with Crippen LogP contribution in [0.2, 0.25) is 0 Å². The van der Waals surface area contributed by atoms with E-state index in [0.29, 0.717) is 5.56 Å². The summed E-state index contributed by atoms with van der Waals surface area (Å²) in [5.41, 5.74) is 1.59. The highest BCUT2D eigenvalue weighted by atomic mass is 127. The molecule has 0 atom stereocenters. The summed E-state index contributed by atoms with van der Waals surface area (Å²) in [5.74, 6) is -0.184. The van der Waals surface area contributed by atoms with Crippen molar-refractivity contribution in [3.05, 3.63) is 40.6 Å². The molecule has 0 fully saturated rings. The lowest BCUT2D eigenvalue weighted by Gasteiger charge is -2.00. The Morgan fingerprint density at radius 2 is 2.27 bits per heavy atom. The van der Waals surface area contributed by atoms with Crippen LogP contribution in [0, 0.1) is 12.7 Å². The van der Waals surface area contributed by atoms with Crippen molar-refractivity contribution in [1.29, 1.82) is 0 Å². The van der Waals surface area contributed by atoms with Crippen LogP contribution < -0.4 is 0 Å². The van der Waals surface area contributed by atoms with Crippen LogP contribution in [0.3, 0.4) is 0 Å². The third-order valence-corrected chi connectivity index (χ3v) is 3.62. The van der Waals surface area contributed by atoms with Gasteiger partial charge in [-0.25, -0.2) is 7.60 Å². The minimum absolute atomic E-state index is 0.184. The zero-order valence-corrected chi connectivity index (χ0v) is 11.5. The van der Waals surface area contributed by atoms with Gasteiger partial charge < -0.3 is 0 Å². The van der Waals surface area contributed by atoms with Gasteiger partial charge >= 0.3 is 0 Å². The lowest BCUT2D eigenvalue weighted by Crippen LogP contribution is -1.85. The molecule has 0 heterocycles. The molecular weight excluding hydrogens is 324 g/mol. The summed E-state index contributed by atoms with van der Waals surface area (Å²) in [6.45, 7) is 3.81. The first-order chi connectivity index (χ1) is 7.15. The number of benzene rings is 1. The van der Waals surface area contributed by atoms with Gasteiger partial charge in [0.2, 0.25) is 0 Å². The van der Waals surface area contributed by atoms with Gasteiger partial charge in [0, 0.05) is 5.56 Å². The molecule has 15 heavy (non-hydrogen) atoms. The molecule has 0 saturated carbocycles. The highest BCUT2D eigenvalue weighted by Gasteiger charge is 2.00. The highest BCUT2D eigenvalue weighted by molar-refractivity contribution is 14.1. The monoisotopic (exact) mass is 335 g/mol. The van der Waals surface area contributed by atoms with Gasteiger partial charge in [-0.05, 0) is 37.0 Å². The molecule has 0 aliphatic carbocycles. The van der Waals surface area contributed by atoms with Crippen molar-refractivity contribution < 1.29 is 4.39 Å². The van der Waals surface area contributed by atoms with Gasteiger partial charge in [-0.2, -0.15) is 0 Å². The highest BCUT2D eigenvalue weighted by Crippen LogP contribution is 2.17. The van der Waals surface area contributed by atoms with Gasteiger partial charge in [0.05, 0.1) is 27.9 Å². The molecule has 0 saturated heterocycles. The molecule has 1 aromatic carbocycles. The molecule has 0 radical (unpaired) electrons. The first-order valence-electron chi connectivity index (χ1n) is 4.39. The predicted octanol–water partition coefficient (Wildman–Crippen LogP) is 4.61. The van der Waals surface area contributed by atoms with Crippen LogP contribution in [0.4, 0.5) is 4.39 Å². The van der Waals surface area contributed by atoms with Crippen LogP contribution >= 0.6 is 34.6 Å². The average molecular weight is 335 g/mol. The van der Waals surface area contributed by atoms with Crippen molar-refractivity contribution in [2.75, 3.05) is 0 Å². The summed E-state index contributed by atoms with van der Waals surface area (Å²) in [5, 5.41) is 2.80. The smallest absolute Gasteiger partial charge is 0.130 e. The Morgan fingerprint density at radius 3 is 2.87 bits per heavy atom. The number of hydrogen-bond donors (Lipinski definition) is 0. The third kappa shape index (κ3) is 3.95. The van der Waals surface area contributed by atoms with E-state index in [1.807, 2.05) is 48.2 Å². The summed E-state index contributed by atoms with van der Waals surface area (Å²) < 4.78 is 17.3. The molecule has 0 aromatic heterocycles. The Bertz CT molecular complexity index is 381. The topological polar surface area (TPSA) is 12.4 Å². The Balaban J connectivity index is 2.80. The molecule has 1 nitrogen and oxygen atoms in total. The molecule has 1 rings (SSSR count). The van der Waals surface area contributed by atoms with Crippen LogP contribution in [-0.2, 0) is 0 Å². The maximum Gasteiger partial charge on any atom is 0.130 e. The van der Waals surface area contributed by atoms with Gasteiger partial charge in [-0.3, -0.25) is 0 Å². The maximum absolute atomic E-state index is 13.4. The minimum atomic E-state index is -0.184. The number of hydrogen-bond acceptors (Lipinski definition) is 2. The average Bonchev–Trinajstić information content (AvgIpc) is 2.22. The quantitative estimate of drug-likeness (QED) is 0.437. The lowest BCUT2D eigenvalue weighted by molar-refractivity contribution is 0.624. The van der Waals surface area contributed by atoms with Crippen molar-refractivity contribution in [3.63, 3.8) is 0 Å². The number of thioether (sulfide) groups is 1. The lowest BCUT2D eigenvalue weighted by atomic mass is 10.1. The second-order valence-corrected chi connectivity index (χ2v) is 4.58. The van der Waals surface area contributed by atoms with Crippen molar-refractivity contribution >= 4 is 45.7 Å². The van der Waals surface area contributed by atoms with Crippen LogP contribution in [0.25, 0.3) is 6.08 Å². The molecule has 0 unspecified atom stereocenters. The van der Waals surface area contributed by atoms with Crippen molar-refractivity contribution in [2.24, 2.45) is 3.21 Å². The maximum atomic E-state index is 13.4. The van der Waals surface area contributed by atoms with Crippen molar-refractivity contribution in [3.8, 4) is 0 Å². The summed E-state index contributed by atoms with van der Waals surface area (Å²) in [4.78, 5) is 0.